The van der Waals surface area contributed by atoms with Crippen molar-refractivity contribution in [3.8, 4) is 0 Å². The molecule has 30 heavy (non-hydrogen) atoms. The van der Waals surface area contributed by atoms with Crippen molar-refractivity contribution in [3.05, 3.63) is 35.4 Å². The molecule has 1 aliphatic carbocycles. The van der Waals surface area contributed by atoms with Crippen LogP contribution in [0.4, 0.5) is 0 Å². The van der Waals surface area contributed by atoms with E-state index in [4.69, 9.17) is 0 Å². The molecule has 3 N–H and O–H groups in total. The fourth-order valence-electron chi connectivity index (χ4n) is 4.23. The molecule has 7 heteroatoms. The van der Waals surface area contributed by atoms with Crippen LogP contribution in [0.15, 0.2) is 29.3 Å². The topological polar surface area (TPSA) is 68.8 Å². The Labute approximate surface area is 198 Å². The summed E-state index contributed by atoms with van der Waals surface area (Å²) in [5, 5.41) is 9.53. The van der Waals surface area contributed by atoms with Crippen LogP contribution in [0, 0.1) is 0 Å². The highest BCUT2D eigenvalue weighted by molar-refractivity contribution is 14.0. The number of benzene rings is 1. The molecule has 1 saturated heterocycles. The van der Waals surface area contributed by atoms with E-state index in [1.165, 1.54) is 62.7 Å². The molecular weight excluding hydrogens is 489 g/mol. The summed E-state index contributed by atoms with van der Waals surface area (Å²) in [7, 11) is 1.73. The summed E-state index contributed by atoms with van der Waals surface area (Å²) in [6, 6.07) is 9.14. The summed E-state index contributed by atoms with van der Waals surface area (Å²) >= 11 is 0. The zero-order chi connectivity index (χ0) is 20.3. The lowest BCUT2D eigenvalue weighted by Crippen LogP contribution is -2.45. The van der Waals surface area contributed by atoms with Crippen molar-refractivity contribution in [1.82, 2.24) is 20.9 Å². The van der Waals surface area contributed by atoms with E-state index >= 15 is 0 Å². The standard InChI is InChI=1S/C23H37N5O.HI/c1-24-23(26-17-22(29)27-21-8-4-2-5-9-21)25-16-19-10-12-20(13-11-19)18-28-14-6-3-7-15-28;/h10-13,21H,2-9,14-18H2,1H3,(H,27,29)(H2,24,25,26);1H. The van der Waals surface area contributed by atoms with Crippen LogP contribution in [0.2, 0.25) is 0 Å². The van der Waals surface area contributed by atoms with E-state index in [0.29, 0.717) is 18.5 Å². The molecule has 3 rings (SSSR count). The first-order valence-electron chi connectivity index (χ1n) is 11.3. The SMILES string of the molecule is CN=C(NCC(=O)NC1CCCCC1)NCc1ccc(CN2CCCCC2)cc1.I. The predicted molar refractivity (Wildman–Crippen MR) is 134 cm³/mol. The van der Waals surface area contributed by atoms with Gasteiger partial charge in [-0.25, -0.2) is 0 Å². The van der Waals surface area contributed by atoms with Crippen LogP contribution in [0.5, 0.6) is 0 Å². The van der Waals surface area contributed by atoms with Gasteiger partial charge in [0.05, 0.1) is 6.54 Å². The summed E-state index contributed by atoms with van der Waals surface area (Å²) in [4.78, 5) is 18.9. The second kappa shape index (κ2) is 13.9. The number of nitrogens with zero attached hydrogens (tertiary/aromatic N) is 2. The summed E-state index contributed by atoms with van der Waals surface area (Å²) < 4.78 is 0. The van der Waals surface area contributed by atoms with Crippen LogP contribution in [0.3, 0.4) is 0 Å². The highest BCUT2D eigenvalue weighted by atomic mass is 127. The monoisotopic (exact) mass is 527 g/mol. The number of nitrogens with one attached hydrogen (secondary N) is 3. The molecule has 0 atom stereocenters. The zero-order valence-electron chi connectivity index (χ0n) is 18.3. The lowest BCUT2D eigenvalue weighted by Gasteiger charge is -2.26. The van der Waals surface area contributed by atoms with Gasteiger partial charge in [0.15, 0.2) is 5.96 Å². The van der Waals surface area contributed by atoms with Crippen LogP contribution in [0.25, 0.3) is 0 Å². The number of hydrogen-bond donors (Lipinski definition) is 3. The maximum absolute atomic E-state index is 12.1. The largest absolute Gasteiger partial charge is 0.352 e. The quantitative estimate of drug-likeness (QED) is 0.289. The Kier molecular flexibility index (Phi) is 11.5. The molecule has 1 aromatic rings. The van der Waals surface area contributed by atoms with Gasteiger partial charge in [0.25, 0.3) is 0 Å². The van der Waals surface area contributed by atoms with Gasteiger partial charge in [0.2, 0.25) is 5.91 Å². The summed E-state index contributed by atoms with van der Waals surface area (Å²) in [5.74, 6) is 0.697. The van der Waals surface area contributed by atoms with E-state index in [1.54, 1.807) is 7.05 Å². The molecule has 168 valence electrons. The number of guanidine groups is 1. The molecule has 1 aromatic carbocycles. The number of halogens is 1. The van der Waals surface area contributed by atoms with Crippen molar-refractivity contribution in [2.75, 3.05) is 26.7 Å². The van der Waals surface area contributed by atoms with Gasteiger partial charge in [-0.3, -0.25) is 14.7 Å². The summed E-state index contributed by atoms with van der Waals surface area (Å²) in [6.45, 7) is 4.44. The Balaban J connectivity index is 0.00000320. The maximum atomic E-state index is 12.1. The average Bonchev–Trinajstić information content (AvgIpc) is 2.76. The first kappa shape index (κ1) is 24.9. The van der Waals surface area contributed by atoms with E-state index < -0.39 is 0 Å². The second-order valence-electron chi connectivity index (χ2n) is 8.34. The minimum Gasteiger partial charge on any atom is -0.352 e. The Hall–Kier alpha value is -1.35. The zero-order valence-corrected chi connectivity index (χ0v) is 20.6. The van der Waals surface area contributed by atoms with Gasteiger partial charge in [-0.1, -0.05) is 49.9 Å². The highest BCUT2D eigenvalue weighted by Gasteiger charge is 2.15. The summed E-state index contributed by atoms with van der Waals surface area (Å²) in [5.41, 5.74) is 2.58. The third-order valence-corrected chi connectivity index (χ3v) is 5.95. The number of piperidine rings is 1. The van der Waals surface area contributed by atoms with Gasteiger partial charge in [0, 0.05) is 26.2 Å². The Morgan fingerprint density at radius 2 is 1.60 bits per heavy atom. The van der Waals surface area contributed by atoms with E-state index in [9.17, 15) is 4.79 Å². The fourth-order valence-corrected chi connectivity index (χ4v) is 4.23. The lowest BCUT2D eigenvalue weighted by molar-refractivity contribution is -0.120. The Morgan fingerprint density at radius 1 is 0.967 bits per heavy atom. The number of rotatable bonds is 7. The molecular formula is C23H38IN5O. The first-order chi connectivity index (χ1) is 14.2. The number of aliphatic imine (C=N–C) groups is 1. The molecule has 1 heterocycles. The number of hydrogen-bond acceptors (Lipinski definition) is 3. The molecule has 2 fully saturated rings. The normalized spacial score (nSPS) is 18.4. The van der Waals surface area contributed by atoms with Crippen LogP contribution in [-0.2, 0) is 17.9 Å². The Bertz CT molecular complexity index is 652. The molecule has 0 unspecified atom stereocenters. The first-order valence-corrected chi connectivity index (χ1v) is 11.3. The van der Waals surface area contributed by atoms with E-state index in [1.807, 2.05) is 0 Å². The number of likely N-dealkylation sites (tertiary alicyclic amines) is 1. The fraction of sp³-hybridized carbons (Fsp3) is 0.652. The molecule has 0 spiro atoms. The molecule has 2 aliphatic rings. The Morgan fingerprint density at radius 3 is 2.27 bits per heavy atom. The summed E-state index contributed by atoms with van der Waals surface area (Å²) in [6.07, 6.45) is 9.97. The average molecular weight is 527 g/mol. The maximum Gasteiger partial charge on any atom is 0.239 e. The molecule has 6 nitrogen and oxygen atoms in total. The molecule has 1 aliphatic heterocycles. The van der Waals surface area contributed by atoms with Gasteiger partial charge in [0.1, 0.15) is 0 Å². The third kappa shape index (κ3) is 8.79. The van der Waals surface area contributed by atoms with Crippen LogP contribution >= 0.6 is 24.0 Å². The predicted octanol–water partition coefficient (Wildman–Crippen LogP) is 3.40. The van der Waals surface area contributed by atoms with E-state index in [2.05, 4.69) is 50.1 Å². The lowest BCUT2D eigenvalue weighted by atomic mass is 9.95. The minimum absolute atomic E-state index is 0. The van der Waals surface area contributed by atoms with Gasteiger partial charge in [-0.15, -0.1) is 24.0 Å². The van der Waals surface area contributed by atoms with Gasteiger partial charge in [-0.2, -0.15) is 0 Å². The van der Waals surface area contributed by atoms with Crippen molar-refractivity contribution in [2.45, 2.75) is 70.5 Å². The smallest absolute Gasteiger partial charge is 0.239 e. The van der Waals surface area contributed by atoms with Crippen molar-refractivity contribution < 1.29 is 4.79 Å². The van der Waals surface area contributed by atoms with Crippen molar-refractivity contribution in [2.24, 2.45) is 4.99 Å². The molecule has 0 bridgehead atoms. The van der Waals surface area contributed by atoms with Gasteiger partial charge < -0.3 is 16.0 Å². The second-order valence-corrected chi connectivity index (χ2v) is 8.34. The van der Waals surface area contributed by atoms with Crippen molar-refractivity contribution in [3.63, 3.8) is 0 Å². The number of carbonyl (C=O) groups is 1. The minimum atomic E-state index is 0. The van der Waals surface area contributed by atoms with Crippen molar-refractivity contribution in [1.29, 1.82) is 0 Å². The highest BCUT2D eigenvalue weighted by Crippen LogP contribution is 2.17. The number of carbonyl (C=O) groups excluding carboxylic acids is 1. The van der Waals surface area contributed by atoms with Crippen molar-refractivity contribution >= 4 is 35.8 Å². The van der Waals surface area contributed by atoms with E-state index in [-0.39, 0.29) is 36.4 Å². The van der Waals surface area contributed by atoms with Gasteiger partial charge in [-0.05, 0) is 49.9 Å². The van der Waals surface area contributed by atoms with Crippen LogP contribution in [-0.4, -0.2) is 49.5 Å². The number of amides is 1. The van der Waals surface area contributed by atoms with Crippen LogP contribution < -0.4 is 16.0 Å². The van der Waals surface area contributed by atoms with E-state index in [0.717, 1.165) is 19.4 Å². The molecule has 0 aromatic heterocycles. The molecule has 0 radical (unpaired) electrons. The van der Waals surface area contributed by atoms with Gasteiger partial charge >= 0.3 is 0 Å². The molecule has 1 amide bonds. The van der Waals surface area contributed by atoms with Crippen LogP contribution in [0.1, 0.15) is 62.5 Å². The molecule has 1 saturated carbocycles. The third-order valence-electron chi connectivity index (χ3n) is 5.95.